The number of ether oxygens (including phenoxy) is 1. The lowest BCUT2D eigenvalue weighted by atomic mass is 9.88. The molecule has 1 fully saturated rings. The minimum Gasteiger partial charge on any atom is -0.375 e. The summed E-state index contributed by atoms with van der Waals surface area (Å²) in [4.78, 5) is 27.3. The van der Waals surface area contributed by atoms with E-state index in [0.29, 0.717) is 13.1 Å². The first-order chi connectivity index (χ1) is 14.1. The highest BCUT2D eigenvalue weighted by Gasteiger charge is 2.35. The van der Waals surface area contributed by atoms with E-state index in [1.165, 1.54) is 18.2 Å². The molecule has 5 nitrogen and oxygen atoms in total. The van der Waals surface area contributed by atoms with E-state index in [-0.39, 0.29) is 30.4 Å². The number of methoxy groups -OCH3 is 1. The Morgan fingerprint density at radius 2 is 1.90 bits per heavy atom. The van der Waals surface area contributed by atoms with Crippen LogP contribution in [0.1, 0.15) is 35.6 Å². The van der Waals surface area contributed by atoms with Crippen molar-refractivity contribution >= 4 is 11.8 Å². The first-order valence-electron chi connectivity index (χ1n) is 10.2. The third kappa shape index (κ3) is 5.67. The number of amides is 2. The van der Waals surface area contributed by atoms with Gasteiger partial charge in [-0.05, 0) is 37.3 Å². The lowest BCUT2D eigenvalue weighted by molar-refractivity contribution is -0.142. The van der Waals surface area contributed by atoms with Crippen LogP contribution in [0, 0.1) is 12.8 Å². The van der Waals surface area contributed by atoms with E-state index in [4.69, 9.17) is 4.74 Å². The van der Waals surface area contributed by atoms with E-state index in [1.54, 1.807) is 0 Å². The lowest BCUT2D eigenvalue weighted by Crippen LogP contribution is -2.48. The fourth-order valence-electron chi connectivity index (χ4n) is 4.01. The van der Waals surface area contributed by atoms with Crippen LogP contribution in [0.25, 0.3) is 0 Å². The third-order valence-electron chi connectivity index (χ3n) is 5.52. The van der Waals surface area contributed by atoms with Crippen LogP contribution in [0.4, 0.5) is 0 Å². The van der Waals surface area contributed by atoms with E-state index in [1.807, 2.05) is 29.2 Å². The van der Waals surface area contributed by atoms with Gasteiger partial charge >= 0.3 is 0 Å². The molecule has 0 saturated carbocycles. The molecule has 1 aliphatic rings. The third-order valence-corrected chi connectivity index (χ3v) is 5.52. The molecule has 0 radical (unpaired) electrons. The summed E-state index contributed by atoms with van der Waals surface area (Å²) in [6.45, 7) is 3.12. The number of nitrogens with zero attached hydrogens (tertiary/aromatic N) is 1. The average molecular weight is 395 g/mol. The predicted molar refractivity (Wildman–Crippen MR) is 113 cm³/mol. The van der Waals surface area contributed by atoms with Crippen LogP contribution in [-0.2, 0) is 20.7 Å². The molecule has 1 heterocycles. The lowest BCUT2D eigenvalue weighted by Gasteiger charge is -2.39. The van der Waals surface area contributed by atoms with Crippen LogP contribution in [0.2, 0.25) is 0 Å². The highest BCUT2D eigenvalue weighted by atomic mass is 16.5. The van der Waals surface area contributed by atoms with E-state index >= 15 is 0 Å². The van der Waals surface area contributed by atoms with E-state index in [9.17, 15) is 9.59 Å². The number of rotatable bonds is 7. The minimum absolute atomic E-state index is 0.00841. The summed E-state index contributed by atoms with van der Waals surface area (Å²) in [5.74, 6) is -0.229. The topological polar surface area (TPSA) is 58.6 Å². The van der Waals surface area contributed by atoms with Gasteiger partial charge in [-0.15, -0.1) is 0 Å². The molecule has 2 aromatic carbocycles. The van der Waals surface area contributed by atoms with Gasteiger partial charge in [0.2, 0.25) is 11.8 Å². The number of carbonyl (C=O) groups excluding carboxylic acids is 2. The molecule has 3 rings (SSSR count). The molecular formula is C24H30N2O3. The number of benzene rings is 2. The minimum atomic E-state index is -0.187. The molecule has 154 valence electrons. The van der Waals surface area contributed by atoms with Crippen LogP contribution in [0.3, 0.4) is 0 Å². The molecule has 0 spiro atoms. The van der Waals surface area contributed by atoms with Gasteiger partial charge in [-0.1, -0.05) is 60.2 Å². The molecule has 29 heavy (non-hydrogen) atoms. The second kappa shape index (κ2) is 10.2. The highest BCUT2D eigenvalue weighted by Crippen LogP contribution is 2.34. The smallest absolute Gasteiger partial charge is 0.249 e. The Kier molecular flexibility index (Phi) is 7.42. The Morgan fingerprint density at radius 1 is 1.10 bits per heavy atom. The number of carbonyl (C=O) groups is 2. The summed E-state index contributed by atoms with van der Waals surface area (Å²) in [6.07, 6.45) is 2.35. The Morgan fingerprint density at radius 3 is 2.62 bits per heavy atom. The molecular weight excluding hydrogens is 364 g/mol. The molecule has 2 amide bonds. The fourth-order valence-corrected chi connectivity index (χ4v) is 4.01. The summed E-state index contributed by atoms with van der Waals surface area (Å²) >= 11 is 0. The number of likely N-dealkylation sites (tertiary alicyclic amines) is 1. The van der Waals surface area contributed by atoms with Crippen LogP contribution in [-0.4, -0.2) is 43.5 Å². The van der Waals surface area contributed by atoms with Gasteiger partial charge in [0.15, 0.2) is 0 Å². The van der Waals surface area contributed by atoms with Gasteiger partial charge in [0.05, 0.1) is 12.0 Å². The second-order valence-corrected chi connectivity index (χ2v) is 7.71. The van der Waals surface area contributed by atoms with Gasteiger partial charge in [0, 0.05) is 20.2 Å². The van der Waals surface area contributed by atoms with Crippen molar-refractivity contribution in [3.8, 4) is 0 Å². The van der Waals surface area contributed by atoms with Crippen molar-refractivity contribution in [3.05, 3.63) is 71.3 Å². The Balaban J connectivity index is 1.63. The molecule has 5 heteroatoms. The fraction of sp³-hybridized carbons (Fsp3) is 0.417. The normalized spacial score (nSPS) is 19.0. The maximum Gasteiger partial charge on any atom is 0.249 e. The van der Waals surface area contributed by atoms with Crippen LogP contribution in [0.5, 0.6) is 0 Å². The number of nitrogens with one attached hydrogen (secondary N) is 1. The van der Waals surface area contributed by atoms with Gasteiger partial charge < -0.3 is 15.0 Å². The molecule has 2 aromatic rings. The maximum absolute atomic E-state index is 12.7. The molecule has 0 aromatic heterocycles. The van der Waals surface area contributed by atoms with Crippen molar-refractivity contribution in [2.75, 3.05) is 26.8 Å². The quantitative estimate of drug-likeness (QED) is 0.784. The predicted octanol–water partition coefficient (Wildman–Crippen LogP) is 3.28. The molecule has 0 bridgehead atoms. The van der Waals surface area contributed by atoms with Gasteiger partial charge in [0.1, 0.15) is 6.61 Å². The zero-order valence-electron chi connectivity index (χ0n) is 17.3. The number of piperidine rings is 1. The van der Waals surface area contributed by atoms with Gasteiger partial charge in [0.25, 0.3) is 0 Å². The van der Waals surface area contributed by atoms with Crippen molar-refractivity contribution in [1.82, 2.24) is 10.2 Å². The first-order valence-corrected chi connectivity index (χ1v) is 10.2. The van der Waals surface area contributed by atoms with E-state index in [2.05, 4.69) is 42.6 Å². The highest BCUT2D eigenvalue weighted by molar-refractivity contribution is 5.82. The number of aryl methyl sites for hydroxylation is 1. The van der Waals surface area contributed by atoms with E-state index < -0.39 is 0 Å². The Bertz CT molecular complexity index is 822. The van der Waals surface area contributed by atoms with Crippen LogP contribution in [0.15, 0.2) is 54.6 Å². The van der Waals surface area contributed by atoms with Crippen molar-refractivity contribution < 1.29 is 14.3 Å². The molecule has 1 aliphatic heterocycles. The standard InChI is InChI=1S/C24H30N2O3/c1-18-7-6-10-20(15-18)22-12-11-21(16-26(22)23(27)17-29-2)24(28)25-14-13-19-8-4-3-5-9-19/h3-10,15,21-22H,11-14,16-17H2,1-2H3,(H,25,28)/t21-,22-/m0/s1. The van der Waals surface area contributed by atoms with Gasteiger partial charge in [-0.25, -0.2) is 0 Å². The van der Waals surface area contributed by atoms with Crippen molar-refractivity contribution in [2.45, 2.75) is 32.2 Å². The number of hydrogen-bond donors (Lipinski definition) is 1. The van der Waals surface area contributed by atoms with Gasteiger partial charge in [-0.2, -0.15) is 0 Å². The van der Waals surface area contributed by atoms with E-state index in [0.717, 1.165) is 24.8 Å². The van der Waals surface area contributed by atoms with Crippen molar-refractivity contribution in [2.24, 2.45) is 5.92 Å². The maximum atomic E-state index is 12.7. The Hall–Kier alpha value is -2.66. The number of hydrogen-bond acceptors (Lipinski definition) is 3. The SMILES string of the molecule is COCC(=O)N1C[C@@H](C(=O)NCCc2ccccc2)CC[C@H]1c1cccc(C)c1. The van der Waals surface area contributed by atoms with Crippen LogP contribution < -0.4 is 5.32 Å². The molecule has 1 N–H and O–H groups in total. The molecule has 1 saturated heterocycles. The largest absolute Gasteiger partial charge is 0.375 e. The second-order valence-electron chi connectivity index (χ2n) is 7.71. The Labute approximate surface area is 173 Å². The average Bonchev–Trinajstić information content (AvgIpc) is 2.74. The van der Waals surface area contributed by atoms with Gasteiger partial charge in [-0.3, -0.25) is 9.59 Å². The summed E-state index contributed by atoms with van der Waals surface area (Å²) in [5.41, 5.74) is 3.49. The first kappa shape index (κ1) is 21.1. The summed E-state index contributed by atoms with van der Waals surface area (Å²) in [5, 5.41) is 3.05. The van der Waals surface area contributed by atoms with Crippen LogP contribution >= 0.6 is 0 Å². The monoisotopic (exact) mass is 394 g/mol. The molecule has 0 aliphatic carbocycles. The molecule has 2 atom stereocenters. The zero-order valence-corrected chi connectivity index (χ0v) is 17.3. The molecule has 0 unspecified atom stereocenters. The summed E-state index contributed by atoms with van der Waals surface area (Å²) < 4.78 is 5.08. The summed E-state index contributed by atoms with van der Waals surface area (Å²) in [7, 11) is 1.53. The van der Waals surface area contributed by atoms with Crippen molar-refractivity contribution in [1.29, 1.82) is 0 Å². The zero-order chi connectivity index (χ0) is 20.6. The van der Waals surface area contributed by atoms with Crippen molar-refractivity contribution in [3.63, 3.8) is 0 Å². The summed E-state index contributed by atoms with van der Waals surface area (Å²) in [6, 6.07) is 18.4.